The molecule has 0 bridgehead atoms. The molecule has 0 radical (unpaired) electrons. The van der Waals surface area contributed by atoms with Gasteiger partial charge in [0.05, 0.1) is 21.3 Å². The molecule has 1 aliphatic rings. The third kappa shape index (κ3) is 6.38. The molecule has 3 amide bonds. The molecule has 2 aromatic rings. The number of ether oxygens (including phenoxy) is 3. The van der Waals surface area contributed by atoms with E-state index < -0.39 is 11.8 Å². The van der Waals surface area contributed by atoms with E-state index in [4.69, 9.17) is 14.2 Å². The molecule has 1 fully saturated rings. The van der Waals surface area contributed by atoms with Crippen LogP contribution in [0.15, 0.2) is 42.5 Å². The lowest BCUT2D eigenvalue weighted by molar-refractivity contribution is -0.136. The summed E-state index contributed by atoms with van der Waals surface area (Å²) in [5.41, 5.74) is 1.05. The molecule has 0 unspecified atom stereocenters. The summed E-state index contributed by atoms with van der Waals surface area (Å²) in [5.74, 6) is 0.257. The third-order valence-corrected chi connectivity index (χ3v) is 5.56. The number of benzene rings is 2. The number of hydrogen-bond acceptors (Lipinski definition) is 7. The van der Waals surface area contributed by atoms with Crippen LogP contribution in [0.25, 0.3) is 0 Å². The number of carbonyl (C=O) groups excluding carboxylic acids is 3. The van der Waals surface area contributed by atoms with Crippen molar-refractivity contribution >= 4 is 23.4 Å². The van der Waals surface area contributed by atoms with E-state index in [2.05, 4.69) is 15.5 Å². The number of piperazine rings is 1. The van der Waals surface area contributed by atoms with E-state index in [0.717, 1.165) is 0 Å². The molecule has 1 saturated heterocycles. The lowest BCUT2D eigenvalue weighted by Gasteiger charge is -2.34. The van der Waals surface area contributed by atoms with E-state index in [1.165, 1.54) is 7.11 Å². The number of hydrogen-bond donors (Lipinski definition) is 2. The number of nitrogens with zero attached hydrogens (tertiary/aromatic N) is 2. The lowest BCUT2D eigenvalue weighted by atomic mass is 10.1. The molecule has 2 aromatic carbocycles. The summed E-state index contributed by atoms with van der Waals surface area (Å²) in [6.07, 6.45) is 0. The zero-order valence-corrected chi connectivity index (χ0v) is 19.6. The van der Waals surface area contributed by atoms with Gasteiger partial charge in [-0.2, -0.15) is 0 Å². The molecule has 1 aliphatic heterocycles. The number of carbonyl (C=O) groups is 3. The second kappa shape index (κ2) is 11.9. The van der Waals surface area contributed by atoms with Crippen molar-refractivity contribution in [2.45, 2.75) is 0 Å². The average molecular weight is 471 g/mol. The van der Waals surface area contributed by atoms with Gasteiger partial charge in [-0.25, -0.2) is 0 Å². The Hall–Kier alpha value is -3.79. The Bertz CT molecular complexity index is 1000. The van der Waals surface area contributed by atoms with Crippen molar-refractivity contribution in [1.29, 1.82) is 0 Å². The van der Waals surface area contributed by atoms with Gasteiger partial charge < -0.3 is 29.7 Å². The number of amides is 3. The van der Waals surface area contributed by atoms with Crippen molar-refractivity contribution in [2.24, 2.45) is 0 Å². The molecule has 10 heteroatoms. The topological polar surface area (TPSA) is 109 Å². The van der Waals surface area contributed by atoms with Crippen molar-refractivity contribution in [1.82, 2.24) is 15.1 Å². The van der Waals surface area contributed by atoms with E-state index >= 15 is 0 Å². The van der Waals surface area contributed by atoms with Gasteiger partial charge in [-0.15, -0.1) is 0 Å². The van der Waals surface area contributed by atoms with Crippen molar-refractivity contribution in [2.75, 3.05) is 65.9 Å². The largest absolute Gasteiger partial charge is 0.497 e. The van der Waals surface area contributed by atoms with Crippen molar-refractivity contribution in [3.63, 3.8) is 0 Å². The monoisotopic (exact) mass is 470 g/mol. The van der Waals surface area contributed by atoms with E-state index in [0.29, 0.717) is 67.8 Å². The second-order valence-electron chi connectivity index (χ2n) is 7.64. The fourth-order valence-corrected chi connectivity index (χ4v) is 3.60. The van der Waals surface area contributed by atoms with Crippen LogP contribution in [0.4, 0.5) is 5.69 Å². The fourth-order valence-electron chi connectivity index (χ4n) is 3.60. The summed E-state index contributed by atoms with van der Waals surface area (Å²) in [6.45, 7) is 3.40. The summed E-state index contributed by atoms with van der Waals surface area (Å²) >= 11 is 0. The number of anilines is 1. The Labute approximate surface area is 198 Å². The highest BCUT2D eigenvalue weighted by molar-refractivity contribution is 6.39. The van der Waals surface area contributed by atoms with Gasteiger partial charge in [0.25, 0.3) is 5.91 Å². The first-order valence-electron chi connectivity index (χ1n) is 10.9. The molecule has 0 aliphatic carbocycles. The molecule has 182 valence electrons. The lowest BCUT2D eigenvalue weighted by Crippen LogP contribution is -2.50. The van der Waals surface area contributed by atoms with Gasteiger partial charge in [0.2, 0.25) is 0 Å². The first kappa shape index (κ1) is 24.8. The number of methoxy groups -OCH3 is 3. The molecule has 10 nitrogen and oxygen atoms in total. The fraction of sp³-hybridized carbons (Fsp3) is 0.375. The summed E-state index contributed by atoms with van der Waals surface area (Å²) in [4.78, 5) is 40.9. The Morgan fingerprint density at radius 2 is 1.50 bits per heavy atom. The van der Waals surface area contributed by atoms with Gasteiger partial charge in [0.1, 0.15) is 5.75 Å². The van der Waals surface area contributed by atoms with Gasteiger partial charge >= 0.3 is 11.8 Å². The zero-order valence-electron chi connectivity index (χ0n) is 19.6. The second-order valence-corrected chi connectivity index (χ2v) is 7.64. The first-order chi connectivity index (χ1) is 16.4. The molecule has 3 rings (SSSR count). The normalized spacial score (nSPS) is 13.7. The molecular weight excluding hydrogens is 440 g/mol. The maximum Gasteiger partial charge on any atom is 0.313 e. The highest BCUT2D eigenvalue weighted by Crippen LogP contribution is 2.28. The molecule has 2 N–H and O–H groups in total. The Morgan fingerprint density at radius 3 is 2.12 bits per heavy atom. The quantitative estimate of drug-likeness (QED) is 0.559. The number of nitrogens with one attached hydrogen (secondary N) is 2. The van der Waals surface area contributed by atoms with E-state index in [-0.39, 0.29) is 5.91 Å². The molecule has 0 atom stereocenters. The molecule has 34 heavy (non-hydrogen) atoms. The smallest absolute Gasteiger partial charge is 0.313 e. The Morgan fingerprint density at radius 1 is 0.824 bits per heavy atom. The standard InChI is InChI=1S/C24H30N4O6/c1-32-19-7-5-18(6-8-19)26-23(30)22(29)25-10-11-27-12-14-28(15-13-27)24(31)17-4-9-20(33-2)21(16-17)34-3/h4-9,16H,10-15H2,1-3H3,(H,25,29)(H,26,30). The maximum atomic E-state index is 12.8. The Kier molecular flexibility index (Phi) is 8.69. The molecule has 0 spiro atoms. The molecular formula is C24H30N4O6. The van der Waals surface area contributed by atoms with Crippen LogP contribution in [0.1, 0.15) is 10.4 Å². The summed E-state index contributed by atoms with van der Waals surface area (Å²) in [5, 5.41) is 5.18. The predicted octanol–water partition coefficient (Wildman–Crippen LogP) is 1.23. The van der Waals surface area contributed by atoms with Crippen LogP contribution < -0.4 is 24.8 Å². The van der Waals surface area contributed by atoms with Crippen molar-refractivity contribution in [3.05, 3.63) is 48.0 Å². The van der Waals surface area contributed by atoms with Gasteiger partial charge in [-0.1, -0.05) is 0 Å². The van der Waals surface area contributed by atoms with Gasteiger partial charge in [0.15, 0.2) is 11.5 Å². The zero-order chi connectivity index (χ0) is 24.5. The van der Waals surface area contributed by atoms with E-state index in [9.17, 15) is 14.4 Å². The summed E-state index contributed by atoms with van der Waals surface area (Å²) in [6, 6.07) is 11.8. The first-order valence-corrected chi connectivity index (χ1v) is 10.9. The van der Waals surface area contributed by atoms with E-state index in [1.54, 1.807) is 61.6 Å². The molecule has 1 heterocycles. The molecule has 0 saturated carbocycles. The summed E-state index contributed by atoms with van der Waals surface area (Å²) in [7, 11) is 4.64. The van der Waals surface area contributed by atoms with Gasteiger partial charge in [0, 0.05) is 50.5 Å². The van der Waals surface area contributed by atoms with Gasteiger partial charge in [-0.05, 0) is 42.5 Å². The highest BCUT2D eigenvalue weighted by Gasteiger charge is 2.23. The predicted molar refractivity (Wildman–Crippen MR) is 127 cm³/mol. The Balaban J connectivity index is 1.40. The van der Waals surface area contributed by atoms with Crippen LogP contribution in [-0.4, -0.2) is 88.1 Å². The van der Waals surface area contributed by atoms with Crippen LogP contribution in [0, 0.1) is 0 Å². The SMILES string of the molecule is COc1ccc(NC(=O)C(=O)NCCN2CCN(C(=O)c3ccc(OC)c(OC)c3)CC2)cc1. The van der Waals surface area contributed by atoms with Crippen LogP contribution in [0.2, 0.25) is 0 Å². The molecule has 0 aromatic heterocycles. The minimum atomic E-state index is -0.726. The van der Waals surface area contributed by atoms with E-state index in [1.807, 2.05) is 0 Å². The van der Waals surface area contributed by atoms with Crippen LogP contribution in [-0.2, 0) is 9.59 Å². The average Bonchev–Trinajstić information content (AvgIpc) is 2.88. The minimum absolute atomic E-state index is 0.0656. The third-order valence-electron chi connectivity index (χ3n) is 5.56. The van der Waals surface area contributed by atoms with Crippen molar-refractivity contribution < 1.29 is 28.6 Å². The summed E-state index contributed by atoms with van der Waals surface area (Å²) < 4.78 is 15.6. The van der Waals surface area contributed by atoms with Crippen LogP contribution in [0.5, 0.6) is 17.2 Å². The van der Waals surface area contributed by atoms with Crippen molar-refractivity contribution in [3.8, 4) is 17.2 Å². The maximum absolute atomic E-state index is 12.8. The van der Waals surface area contributed by atoms with Crippen LogP contribution >= 0.6 is 0 Å². The minimum Gasteiger partial charge on any atom is -0.497 e. The highest BCUT2D eigenvalue weighted by atomic mass is 16.5. The van der Waals surface area contributed by atoms with Gasteiger partial charge in [-0.3, -0.25) is 19.3 Å². The van der Waals surface area contributed by atoms with Crippen LogP contribution in [0.3, 0.4) is 0 Å². The number of rotatable bonds is 8.